The maximum Gasteiger partial charge on any atom is 0.251 e. The summed E-state index contributed by atoms with van der Waals surface area (Å²) >= 11 is 5.74. The van der Waals surface area contributed by atoms with Gasteiger partial charge in [0.15, 0.2) is 0 Å². The van der Waals surface area contributed by atoms with Crippen molar-refractivity contribution >= 4 is 29.0 Å². The number of rotatable bonds is 4. The summed E-state index contributed by atoms with van der Waals surface area (Å²) in [6.45, 7) is 1.92. The molecule has 3 rings (SSSR count). The minimum Gasteiger partial charge on any atom is -0.398 e. The number of carbonyl (C=O) groups is 1. The van der Waals surface area contributed by atoms with E-state index < -0.39 is 5.82 Å². The lowest BCUT2D eigenvalue weighted by molar-refractivity contribution is 0.0926. The molecule has 5 nitrogen and oxygen atoms in total. The summed E-state index contributed by atoms with van der Waals surface area (Å²) in [7, 11) is 0. The van der Waals surface area contributed by atoms with Gasteiger partial charge < -0.3 is 16.4 Å². The van der Waals surface area contributed by atoms with E-state index in [0.29, 0.717) is 11.6 Å². The molecule has 1 aromatic carbocycles. The second-order valence-corrected chi connectivity index (χ2v) is 7.13. The summed E-state index contributed by atoms with van der Waals surface area (Å²) in [6.07, 6.45) is 5.33. The van der Waals surface area contributed by atoms with Gasteiger partial charge in [-0.1, -0.05) is 11.6 Å². The molecule has 2 aromatic rings. The summed E-state index contributed by atoms with van der Waals surface area (Å²) in [6, 6.07) is 6.25. The number of aryl methyl sites for hydroxylation is 1. The van der Waals surface area contributed by atoms with Gasteiger partial charge in [-0.15, -0.1) is 0 Å². The molecule has 0 aliphatic heterocycles. The summed E-state index contributed by atoms with van der Waals surface area (Å²) in [5.74, 6) is 0.0259. The molecule has 0 radical (unpaired) electrons. The molecular weight excluding hydrogens is 355 g/mol. The molecule has 1 aliphatic rings. The summed E-state index contributed by atoms with van der Waals surface area (Å²) in [5, 5.41) is 6.36. The van der Waals surface area contributed by atoms with Crippen LogP contribution in [0.4, 0.5) is 15.9 Å². The van der Waals surface area contributed by atoms with Crippen molar-refractivity contribution in [3.8, 4) is 0 Å². The van der Waals surface area contributed by atoms with Crippen LogP contribution in [-0.2, 0) is 0 Å². The number of carbonyl (C=O) groups excluding carboxylic acids is 1. The van der Waals surface area contributed by atoms with E-state index in [1.165, 1.54) is 18.2 Å². The van der Waals surface area contributed by atoms with Gasteiger partial charge in [-0.25, -0.2) is 9.37 Å². The van der Waals surface area contributed by atoms with Crippen LogP contribution in [0.1, 0.15) is 41.6 Å². The zero-order chi connectivity index (χ0) is 18.7. The lowest BCUT2D eigenvalue weighted by Gasteiger charge is -2.30. The fourth-order valence-electron chi connectivity index (χ4n) is 3.12. The van der Waals surface area contributed by atoms with Gasteiger partial charge in [-0.05, 0) is 56.4 Å². The van der Waals surface area contributed by atoms with Gasteiger partial charge in [0.1, 0.15) is 11.6 Å². The molecule has 138 valence electrons. The third-order valence-corrected chi connectivity index (χ3v) is 5.03. The number of benzene rings is 1. The number of amides is 1. The lowest BCUT2D eigenvalue weighted by Crippen LogP contribution is -2.40. The predicted molar refractivity (Wildman–Crippen MR) is 102 cm³/mol. The fraction of sp³-hybridized carbons (Fsp3) is 0.368. The quantitative estimate of drug-likeness (QED) is 0.755. The molecule has 0 saturated heterocycles. The molecule has 1 heterocycles. The molecule has 7 heteroatoms. The molecule has 0 atom stereocenters. The normalized spacial score (nSPS) is 19.8. The third-order valence-electron chi connectivity index (χ3n) is 4.74. The summed E-state index contributed by atoms with van der Waals surface area (Å²) in [5.41, 5.74) is 7.97. The van der Waals surface area contributed by atoms with E-state index in [1.807, 2.05) is 13.0 Å². The molecule has 1 aliphatic carbocycles. The Kier molecular flexibility index (Phi) is 5.61. The van der Waals surface area contributed by atoms with Crippen LogP contribution < -0.4 is 16.4 Å². The highest BCUT2D eigenvalue weighted by atomic mass is 35.5. The van der Waals surface area contributed by atoms with Crippen LogP contribution in [0.5, 0.6) is 0 Å². The van der Waals surface area contributed by atoms with E-state index in [9.17, 15) is 9.18 Å². The zero-order valence-electron chi connectivity index (χ0n) is 14.6. The number of hydrogen-bond acceptors (Lipinski definition) is 4. The number of nitrogens with one attached hydrogen (secondary N) is 2. The Bertz CT molecular complexity index is 806. The van der Waals surface area contributed by atoms with E-state index in [0.717, 1.165) is 42.8 Å². The Hall–Kier alpha value is -2.34. The number of aromatic nitrogens is 1. The Morgan fingerprint density at radius 2 is 1.92 bits per heavy atom. The molecule has 1 aromatic heterocycles. The SMILES string of the molecule is Cc1cnc(NC2CCC(NC(=O)c3ccc(F)c(Cl)c3)CC2)cc1N. The van der Waals surface area contributed by atoms with Crippen molar-refractivity contribution in [1.29, 1.82) is 0 Å². The minimum absolute atomic E-state index is 0.0459. The number of nitrogen functional groups attached to an aromatic ring is 1. The molecule has 0 unspecified atom stereocenters. The Labute approximate surface area is 157 Å². The second kappa shape index (κ2) is 7.91. The van der Waals surface area contributed by atoms with Crippen molar-refractivity contribution < 1.29 is 9.18 Å². The standard InChI is InChI=1S/C19H22ClFN4O/c1-11-10-23-18(9-17(11)22)24-13-3-5-14(6-4-13)25-19(26)12-2-7-16(21)15(20)8-12/h2,7-10,13-14H,3-6H2,1H3,(H,25,26)(H3,22,23,24). The highest BCUT2D eigenvalue weighted by molar-refractivity contribution is 6.31. The number of anilines is 2. The molecule has 1 amide bonds. The lowest BCUT2D eigenvalue weighted by atomic mass is 9.91. The predicted octanol–water partition coefficient (Wildman–Crippen LogP) is 3.92. The number of hydrogen-bond donors (Lipinski definition) is 3. The number of nitrogens with two attached hydrogens (primary N) is 1. The zero-order valence-corrected chi connectivity index (χ0v) is 15.3. The summed E-state index contributed by atoms with van der Waals surface area (Å²) < 4.78 is 13.2. The van der Waals surface area contributed by atoms with E-state index in [2.05, 4.69) is 15.6 Å². The average molecular weight is 377 g/mol. The van der Waals surface area contributed by atoms with Gasteiger partial charge >= 0.3 is 0 Å². The third kappa shape index (κ3) is 4.43. The molecule has 26 heavy (non-hydrogen) atoms. The van der Waals surface area contributed by atoms with Crippen LogP contribution in [0.25, 0.3) is 0 Å². The Morgan fingerprint density at radius 3 is 2.58 bits per heavy atom. The number of nitrogens with zero attached hydrogens (tertiary/aromatic N) is 1. The first kappa shape index (κ1) is 18.5. The van der Waals surface area contributed by atoms with Gasteiger partial charge in [-0.2, -0.15) is 0 Å². The van der Waals surface area contributed by atoms with Crippen LogP contribution in [0.15, 0.2) is 30.5 Å². The van der Waals surface area contributed by atoms with Gasteiger partial charge in [0.05, 0.1) is 5.02 Å². The first-order valence-corrected chi connectivity index (χ1v) is 9.04. The Morgan fingerprint density at radius 1 is 1.23 bits per heavy atom. The van der Waals surface area contributed by atoms with Gasteiger partial charge in [-0.3, -0.25) is 4.79 Å². The molecule has 0 spiro atoms. The maximum atomic E-state index is 13.2. The number of pyridine rings is 1. The fourth-order valence-corrected chi connectivity index (χ4v) is 3.30. The van der Waals surface area contributed by atoms with E-state index in [-0.39, 0.29) is 17.0 Å². The van der Waals surface area contributed by atoms with Gasteiger partial charge in [0.25, 0.3) is 5.91 Å². The van der Waals surface area contributed by atoms with E-state index in [1.54, 1.807) is 6.20 Å². The van der Waals surface area contributed by atoms with Gasteiger partial charge in [0.2, 0.25) is 0 Å². The highest BCUT2D eigenvalue weighted by Crippen LogP contribution is 2.23. The first-order chi connectivity index (χ1) is 12.4. The minimum atomic E-state index is -0.528. The molecule has 4 N–H and O–H groups in total. The second-order valence-electron chi connectivity index (χ2n) is 6.72. The van der Waals surface area contributed by atoms with Gasteiger partial charge in [0, 0.05) is 35.6 Å². The van der Waals surface area contributed by atoms with Crippen LogP contribution in [0.2, 0.25) is 5.02 Å². The Balaban J connectivity index is 1.51. The van der Waals surface area contributed by atoms with Crippen molar-refractivity contribution in [3.63, 3.8) is 0 Å². The highest BCUT2D eigenvalue weighted by Gasteiger charge is 2.23. The first-order valence-electron chi connectivity index (χ1n) is 8.67. The van der Waals surface area contributed by atoms with Crippen LogP contribution in [0.3, 0.4) is 0 Å². The van der Waals surface area contributed by atoms with E-state index in [4.69, 9.17) is 17.3 Å². The smallest absolute Gasteiger partial charge is 0.251 e. The van der Waals surface area contributed by atoms with Crippen LogP contribution >= 0.6 is 11.6 Å². The van der Waals surface area contributed by atoms with Crippen molar-refractivity contribution in [2.75, 3.05) is 11.1 Å². The monoisotopic (exact) mass is 376 g/mol. The summed E-state index contributed by atoms with van der Waals surface area (Å²) in [4.78, 5) is 16.6. The molecule has 1 saturated carbocycles. The van der Waals surface area contributed by atoms with Crippen molar-refractivity contribution in [1.82, 2.24) is 10.3 Å². The topological polar surface area (TPSA) is 80.0 Å². The molecule has 0 bridgehead atoms. The molecular formula is C19H22ClFN4O. The van der Waals surface area contributed by atoms with E-state index >= 15 is 0 Å². The van der Waals surface area contributed by atoms with Crippen molar-refractivity contribution in [3.05, 3.63) is 52.4 Å². The maximum absolute atomic E-state index is 13.2. The largest absolute Gasteiger partial charge is 0.398 e. The van der Waals surface area contributed by atoms with Crippen LogP contribution in [-0.4, -0.2) is 23.0 Å². The molecule has 1 fully saturated rings. The van der Waals surface area contributed by atoms with Crippen LogP contribution in [0, 0.1) is 12.7 Å². The number of halogens is 2. The van der Waals surface area contributed by atoms with Crippen molar-refractivity contribution in [2.24, 2.45) is 0 Å². The average Bonchev–Trinajstić information content (AvgIpc) is 2.62. The van der Waals surface area contributed by atoms with Crippen molar-refractivity contribution in [2.45, 2.75) is 44.7 Å².